The molecule has 1 aromatic heterocycles. The highest BCUT2D eigenvalue weighted by atomic mass is 15.2. The molecule has 3 heteroatoms. The number of nitrogens with zero attached hydrogens (tertiary/aromatic N) is 3. The molecular formula is C19H19N3. The van der Waals surface area contributed by atoms with Crippen LogP contribution in [0.5, 0.6) is 0 Å². The van der Waals surface area contributed by atoms with E-state index in [0.717, 1.165) is 43.7 Å². The van der Waals surface area contributed by atoms with Crippen LogP contribution in [0, 0.1) is 11.3 Å². The third-order valence-corrected chi connectivity index (χ3v) is 4.83. The van der Waals surface area contributed by atoms with Crippen molar-refractivity contribution in [2.24, 2.45) is 0 Å². The molecule has 0 spiro atoms. The number of pyridine rings is 1. The first-order valence-corrected chi connectivity index (χ1v) is 8.10. The van der Waals surface area contributed by atoms with Gasteiger partial charge in [-0.3, -0.25) is 0 Å². The Balaban J connectivity index is 1.72. The normalized spacial score (nSPS) is 16.6. The van der Waals surface area contributed by atoms with Crippen molar-refractivity contribution in [1.29, 1.82) is 5.26 Å². The van der Waals surface area contributed by atoms with Crippen molar-refractivity contribution in [3.05, 3.63) is 58.3 Å². The molecule has 0 saturated carbocycles. The molecule has 1 aliphatic heterocycles. The summed E-state index contributed by atoms with van der Waals surface area (Å²) in [5.41, 5.74) is 6.01. The Morgan fingerprint density at radius 1 is 1.00 bits per heavy atom. The van der Waals surface area contributed by atoms with E-state index in [1.165, 1.54) is 35.2 Å². The molecule has 1 aromatic carbocycles. The topological polar surface area (TPSA) is 39.9 Å². The molecule has 2 aliphatic rings. The van der Waals surface area contributed by atoms with E-state index < -0.39 is 0 Å². The lowest BCUT2D eigenvalue weighted by molar-refractivity contribution is 0.658. The third-order valence-electron chi connectivity index (χ3n) is 4.83. The van der Waals surface area contributed by atoms with Crippen molar-refractivity contribution in [3.63, 3.8) is 0 Å². The Labute approximate surface area is 131 Å². The molecule has 0 bridgehead atoms. The van der Waals surface area contributed by atoms with Crippen molar-refractivity contribution in [2.75, 3.05) is 11.4 Å². The van der Waals surface area contributed by atoms with Crippen LogP contribution in [0.25, 0.3) is 0 Å². The van der Waals surface area contributed by atoms with Gasteiger partial charge in [-0.05, 0) is 54.9 Å². The van der Waals surface area contributed by atoms with Crippen molar-refractivity contribution in [3.8, 4) is 6.07 Å². The van der Waals surface area contributed by atoms with Gasteiger partial charge in [0.2, 0.25) is 0 Å². The van der Waals surface area contributed by atoms with E-state index in [9.17, 15) is 5.26 Å². The van der Waals surface area contributed by atoms with Crippen LogP contribution < -0.4 is 4.90 Å². The van der Waals surface area contributed by atoms with E-state index in [2.05, 4.69) is 41.3 Å². The summed E-state index contributed by atoms with van der Waals surface area (Å²) in [5.74, 6) is 0.887. The minimum Gasteiger partial charge on any atom is -0.351 e. The predicted octanol–water partition coefficient (Wildman–Crippen LogP) is 3.39. The van der Waals surface area contributed by atoms with Crippen molar-refractivity contribution in [1.82, 2.24) is 4.98 Å². The van der Waals surface area contributed by atoms with Gasteiger partial charge in [-0.1, -0.05) is 24.3 Å². The molecule has 0 N–H and O–H groups in total. The number of hydrogen-bond acceptors (Lipinski definition) is 3. The summed E-state index contributed by atoms with van der Waals surface area (Å²) >= 11 is 0. The Bertz CT molecular complexity index is 758. The van der Waals surface area contributed by atoms with Crippen molar-refractivity contribution in [2.45, 2.75) is 38.6 Å². The zero-order chi connectivity index (χ0) is 14.9. The summed E-state index contributed by atoms with van der Waals surface area (Å²) < 4.78 is 0. The number of rotatable bonds is 1. The molecule has 0 atom stereocenters. The lowest BCUT2D eigenvalue weighted by Gasteiger charge is -2.31. The summed E-state index contributed by atoms with van der Waals surface area (Å²) in [6, 6.07) is 13.0. The fourth-order valence-corrected chi connectivity index (χ4v) is 3.62. The molecular weight excluding hydrogens is 270 g/mol. The van der Waals surface area contributed by atoms with Crippen LogP contribution in [0.15, 0.2) is 30.3 Å². The highest BCUT2D eigenvalue weighted by molar-refractivity contribution is 5.58. The molecule has 4 rings (SSSR count). The summed E-state index contributed by atoms with van der Waals surface area (Å²) in [6.45, 7) is 1.80. The van der Waals surface area contributed by atoms with E-state index in [1.807, 2.05) is 0 Å². The number of benzene rings is 1. The van der Waals surface area contributed by atoms with Gasteiger partial charge in [0.15, 0.2) is 0 Å². The molecule has 0 amide bonds. The number of aryl methyl sites for hydroxylation is 2. The van der Waals surface area contributed by atoms with Gasteiger partial charge in [0.05, 0.1) is 5.56 Å². The van der Waals surface area contributed by atoms with Gasteiger partial charge in [-0.25, -0.2) is 4.98 Å². The second-order valence-corrected chi connectivity index (χ2v) is 6.22. The number of aromatic nitrogens is 1. The van der Waals surface area contributed by atoms with Gasteiger partial charge in [0, 0.05) is 18.8 Å². The molecule has 0 radical (unpaired) electrons. The Hall–Kier alpha value is -2.34. The maximum absolute atomic E-state index is 9.53. The molecule has 0 fully saturated rings. The highest BCUT2D eigenvalue weighted by Crippen LogP contribution is 2.29. The average Bonchev–Trinajstić information content (AvgIpc) is 2.60. The minimum absolute atomic E-state index is 0.736. The first-order chi connectivity index (χ1) is 10.8. The van der Waals surface area contributed by atoms with E-state index in [0.29, 0.717) is 0 Å². The second kappa shape index (κ2) is 5.46. The summed E-state index contributed by atoms with van der Waals surface area (Å²) in [4.78, 5) is 7.16. The Morgan fingerprint density at radius 2 is 1.82 bits per heavy atom. The molecule has 110 valence electrons. The van der Waals surface area contributed by atoms with Crippen LogP contribution in [0.4, 0.5) is 5.82 Å². The summed E-state index contributed by atoms with van der Waals surface area (Å²) in [7, 11) is 0. The van der Waals surface area contributed by atoms with Gasteiger partial charge in [0.1, 0.15) is 11.9 Å². The molecule has 0 unspecified atom stereocenters. The fourth-order valence-electron chi connectivity index (χ4n) is 3.62. The lowest BCUT2D eigenvalue weighted by Crippen LogP contribution is -2.32. The smallest absolute Gasteiger partial charge is 0.147 e. The monoisotopic (exact) mass is 289 g/mol. The van der Waals surface area contributed by atoms with Gasteiger partial charge in [0.25, 0.3) is 0 Å². The van der Waals surface area contributed by atoms with Crippen LogP contribution in [0.3, 0.4) is 0 Å². The predicted molar refractivity (Wildman–Crippen MR) is 86.8 cm³/mol. The van der Waals surface area contributed by atoms with Crippen molar-refractivity contribution >= 4 is 5.82 Å². The van der Waals surface area contributed by atoms with Crippen LogP contribution >= 0.6 is 0 Å². The zero-order valence-electron chi connectivity index (χ0n) is 12.7. The average molecular weight is 289 g/mol. The first-order valence-electron chi connectivity index (χ1n) is 8.10. The van der Waals surface area contributed by atoms with Crippen LogP contribution in [-0.2, 0) is 25.8 Å². The van der Waals surface area contributed by atoms with Gasteiger partial charge >= 0.3 is 0 Å². The SMILES string of the molecule is N#Cc1cc2c(nc1N1CCc3ccccc3C1)CCCC2. The van der Waals surface area contributed by atoms with Gasteiger partial charge in [-0.2, -0.15) is 5.26 Å². The number of hydrogen-bond donors (Lipinski definition) is 0. The maximum atomic E-state index is 9.53. The Kier molecular flexibility index (Phi) is 3.31. The van der Waals surface area contributed by atoms with Crippen LogP contribution in [0.1, 0.15) is 40.8 Å². The van der Waals surface area contributed by atoms with Gasteiger partial charge in [-0.15, -0.1) is 0 Å². The van der Waals surface area contributed by atoms with Crippen LogP contribution in [0.2, 0.25) is 0 Å². The number of fused-ring (bicyclic) bond motifs is 2. The summed E-state index contributed by atoms with van der Waals surface area (Å²) in [6.07, 6.45) is 5.59. The summed E-state index contributed by atoms with van der Waals surface area (Å²) in [5, 5.41) is 9.53. The maximum Gasteiger partial charge on any atom is 0.147 e. The molecule has 3 nitrogen and oxygen atoms in total. The standard InChI is InChI=1S/C19H19N3/c20-12-17-11-15-6-3-4-8-18(15)21-19(17)22-10-9-14-5-1-2-7-16(14)13-22/h1-2,5,7,11H,3-4,6,8-10,13H2. The largest absolute Gasteiger partial charge is 0.351 e. The van der Waals surface area contributed by atoms with E-state index in [-0.39, 0.29) is 0 Å². The molecule has 2 aromatic rings. The highest BCUT2D eigenvalue weighted by Gasteiger charge is 2.22. The number of anilines is 1. The fraction of sp³-hybridized carbons (Fsp3) is 0.368. The van der Waals surface area contributed by atoms with Gasteiger partial charge < -0.3 is 4.90 Å². The lowest BCUT2D eigenvalue weighted by atomic mass is 9.94. The zero-order valence-corrected chi connectivity index (χ0v) is 12.7. The Morgan fingerprint density at radius 3 is 2.68 bits per heavy atom. The van der Waals surface area contributed by atoms with E-state index in [4.69, 9.17) is 4.98 Å². The van der Waals surface area contributed by atoms with E-state index in [1.54, 1.807) is 0 Å². The quantitative estimate of drug-likeness (QED) is 0.808. The van der Waals surface area contributed by atoms with Crippen molar-refractivity contribution < 1.29 is 0 Å². The molecule has 22 heavy (non-hydrogen) atoms. The molecule has 2 heterocycles. The molecule has 1 aliphatic carbocycles. The minimum atomic E-state index is 0.736. The van der Waals surface area contributed by atoms with E-state index >= 15 is 0 Å². The second-order valence-electron chi connectivity index (χ2n) is 6.22. The number of nitriles is 1. The molecule has 0 saturated heterocycles. The van der Waals surface area contributed by atoms with Crippen LogP contribution in [-0.4, -0.2) is 11.5 Å². The first kappa shape index (κ1) is 13.3. The third kappa shape index (κ3) is 2.25.